The monoisotopic (exact) mass is 238 g/mol. The van der Waals surface area contributed by atoms with E-state index in [9.17, 15) is 5.11 Å². The van der Waals surface area contributed by atoms with Gasteiger partial charge in [0, 0.05) is 5.56 Å². The number of hydrogen-bond donors (Lipinski definition) is 1. The van der Waals surface area contributed by atoms with Crippen LogP contribution >= 0.6 is 0 Å². The van der Waals surface area contributed by atoms with Crippen molar-refractivity contribution >= 4 is 0 Å². The van der Waals surface area contributed by atoms with Crippen molar-refractivity contribution in [3.8, 4) is 16.9 Å². The van der Waals surface area contributed by atoms with E-state index in [0.717, 1.165) is 11.1 Å². The van der Waals surface area contributed by atoms with Gasteiger partial charge in [-0.25, -0.2) is 0 Å². The van der Waals surface area contributed by atoms with Crippen molar-refractivity contribution in [2.24, 2.45) is 0 Å². The first-order valence-corrected chi connectivity index (χ1v) is 6.55. The number of phenols is 1. The Hall–Kier alpha value is -1.76. The molecule has 1 saturated carbocycles. The lowest BCUT2D eigenvalue weighted by Crippen LogP contribution is -1.90. The molecule has 0 atom stereocenters. The van der Waals surface area contributed by atoms with Gasteiger partial charge in [0.2, 0.25) is 0 Å². The van der Waals surface area contributed by atoms with Crippen LogP contribution in [0.4, 0.5) is 0 Å². The van der Waals surface area contributed by atoms with Crippen LogP contribution in [0.1, 0.15) is 35.4 Å². The minimum absolute atomic E-state index is 0.390. The molecule has 1 N–H and O–H groups in total. The SMILES string of the molecule is Cc1ccc(-c2ccc(C)cc2C2CC2)c(O)c1. The molecule has 1 nitrogen and oxygen atoms in total. The Balaban J connectivity index is 2.16. The highest BCUT2D eigenvalue weighted by Crippen LogP contribution is 2.46. The molecule has 2 aromatic rings. The molecule has 1 aliphatic rings. The maximum atomic E-state index is 10.1. The molecule has 1 heteroatoms. The fourth-order valence-electron chi connectivity index (χ4n) is 2.53. The largest absolute Gasteiger partial charge is 0.507 e. The predicted molar refractivity (Wildman–Crippen MR) is 75.0 cm³/mol. The molecule has 1 fully saturated rings. The summed E-state index contributed by atoms with van der Waals surface area (Å²) < 4.78 is 0. The van der Waals surface area contributed by atoms with E-state index in [2.05, 4.69) is 31.2 Å². The number of benzene rings is 2. The van der Waals surface area contributed by atoms with E-state index in [-0.39, 0.29) is 0 Å². The normalized spacial score (nSPS) is 14.8. The molecule has 0 amide bonds. The number of aromatic hydroxyl groups is 1. The molecule has 18 heavy (non-hydrogen) atoms. The van der Waals surface area contributed by atoms with E-state index in [4.69, 9.17) is 0 Å². The van der Waals surface area contributed by atoms with Crippen molar-refractivity contribution in [3.63, 3.8) is 0 Å². The first-order valence-electron chi connectivity index (χ1n) is 6.55. The lowest BCUT2D eigenvalue weighted by Gasteiger charge is -2.12. The minimum atomic E-state index is 0.390. The van der Waals surface area contributed by atoms with Gasteiger partial charge in [-0.1, -0.05) is 35.9 Å². The summed E-state index contributed by atoms with van der Waals surface area (Å²) in [5.41, 5.74) is 5.95. The number of phenolic OH excluding ortho intramolecular Hbond substituents is 1. The molecule has 0 heterocycles. The Morgan fingerprint density at radius 1 is 0.889 bits per heavy atom. The Morgan fingerprint density at radius 3 is 2.11 bits per heavy atom. The van der Waals surface area contributed by atoms with Crippen molar-refractivity contribution in [2.75, 3.05) is 0 Å². The van der Waals surface area contributed by atoms with Crippen molar-refractivity contribution in [1.29, 1.82) is 0 Å². The van der Waals surface area contributed by atoms with Gasteiger partial charge in [0.1, 0.15) is 5.75 Å². The molecule has 0 radical (unpaired) electrons. The van der Waals surface area contributed by atoms with Crippen LogP contribution in [0.25, 0.3) is 11.1 Å². The van der Waals surface area contributed by atoms with Crippen LogP contribution < -0.4 is 0 Å². The standard InChI is InChI=1S/C17H18O/c1-11-3-7-14(16(9-11)13-5-6-13)15-8-4-12(2)10-17(15)18/h3-4,7-10,13,18H,5-6H2,1-2H3. The van der Waals surface area contributed by atoms with Crippen LogP contribution in [-0.2, 0) is 0 Å². The molecule has 0 aliphatic heterocycles. The second kappa shape index (κ2) is 4.16. The third-order valence-electron chi connectivity index (χ3n) is 3.67. The molecule has 0 aromatic heterocycles. The maximum Gasteiger partial charge on any atom is 0.123 e. The van der Waals surface area contributed by atoms with Crippen LogP contribution in [0.2, 0.25) is 0 Å². The fourth-order valence-corrected chi connectivity index (χ4v) is 2.53. The molecule has 92 valence electrons. The summed E-state index contributed by atoms with van der Waals surface area (Å²) in [7, 11) is 0. The van der Waals surface area contributed by atoms with Crippen LogP contribution in [0.3, 0.4) is 0 Å². The predicted octanol–water partition coefficient (Wildman–Crippen LogP) is 4.55. The van der Waals surface area contributed by atoms with Crippen molar-refractivity contribution < 1.29 is 5.11 Å². The molecule has 0 spiro atoms. The minimum Gasteiger partial charge on any atom is -0.507 e. The van der Waals surface area contributed by atoms with Gasteiger partial charge in [0.15, 0.2) is 0 Å². The van der Waals surface area contributed by atoms with Crippen LogP contribution in [0, 0.1) is 13.8 Å². The van der Waals surface area contributed by atoms with Crippen LogP contribution in [0.15, 0.2) is 36.4 Å². The Labute approximate surface area is 108 Å². The molecule has 0 saturated heterocycles. The highest BCUT2D eigenvalue weighted by molar-refractivity contribution is 5.74. The van der Waals surface area contributed by atoms with E-state index in [1.165, 1.54) is 29.5 Å². The zero-order valence-electron chi connectivity index (χ0n) is 10.9. The van der Waals surface area contributed by atoms with Gasteiger partial charge in [-0.3, -0.25) is 0 Å². The van der Waals surface area contributed by atoms with E-state index in [1.807, 2.05) is 19.1 Å². The third kappa shape index (κ3) is 2.01. The van der Waals surface area contributed by atoms with Gasteiger partial charge in [-0.15, -0.1) is 0 Å². The number of rotatable bonds is 2. The first kappa shape index (κ1) is 11.3. The molecule has 1 aliphatic carbocycles. The average Bonchev–Trinajstić information content (AvgIpc) is 3.14. The Bertz CT molecular complexity index is 595. The third-order valence-corrected chi connectivity index (χ3v) is 3.67. The number of aryl methyl sites for hydroxylation is 2. The van der Waals surface area contributed by atoms with Crippen LogP contribution in [0.5, 0.6) is 5.75 Å². The summed E-state index contributed by atoms with van der Waals surface area (Å²) in [5, 5.41) is 10.1. The van der Waals surface area contributed by atoms with E-state index >= 15 is 0 Å². The van der Waals surface area contributed by atoms with Gasteiger partial charge in [0.25, 0.3) is 0 Å². The second-order valence-electron chi connectivity index (χ2n) is 5.39. The van der Waals surface area contributed by atoms with Crippen molar-refractivity contribution in [1.82, 2.24) is 0 Å². The summed E-state index contributed by atoms with van der Waals surface area (Å²) in [4.78, 5) is 0. The second-order valence-corrected chi connectivity index (χ2v) is 5.39. The Morgan fingerprint density at radius 2 is 1.50 bits per heavy atom. The lowest BCUT2D eigenvalue weighted by molar-refractivity contribution is 0.477. The zero-order chi connectivity index (χ0) is 12.7. The summed E-state index contributed by atoms with van der Waals surface area (Å²) in [6.07, 6.45) is 2.56. The maximum absolute atomic E-state index is 10.1. The van der Waals surface area contributed by atoms with Crippen molar-refractivity contribution in [3.05, 3.63) is 53.1 Å². The first-order chi connectivity index (χ1) is 8.65. The summed E-state index contributed by atoms with van der Waals surface area (Å²) >= 11 is 0. The van der Waals surface area contributed by atoms with Crippen molar-refractivity contribution in [2.45, 2.75) is 32.6 Å². The van der Waals surface area contributed by atoms with Gasteiger partial charge in [-0.05, 0) is 55.4 Å². The van der Waals surface area contributed by atoms with Gasteiger partial charge < -0.3 is 5.11 Å². The topological polar surface area (TPSA) is 20.2 Å². The van der Waals surface area contributed by atoms with Gasteiger partial charge >= 0.3 is 0 Å². The molecular formula is C17H18O. The number of hydrogen-bond acceptors (Lipinski definition) is 1. The van der Waals surface area contributed by atoms with E-state index in [0.29, 0.717) is 11.7 Å². The quantitative estimate of drug-likeness (QED) is 0.813. The molecule has 2 aromatic carbocycles. The summed E-state index contributed by atoms with van der Waals surface area (Å²) in [6.45, 7) is 4.13. The zero-order valence-corrected chi connectivity index (χ0v) is 10.9. The lowest BCUT2D eigenvalue weighted by atomic mass is 9.94. The van der Waals surface area contributed by atoms with Gasteiger partial charge in [0.05, 0.1) is 0 Å². The molecular weight excluding hydrogens is 220 g/mol. The molecule has 0 unspecified atom stereocenters. The average molecular weight is 238 g/mol. The smallest absolute Gasteiger partial charge is 0.123 e. The van der Waals surface area contributed by atoms with Gasteiger partial charge in [-0.2, -0.15) is 0 Å². The van der Waals surface area contributed by atoms with E-state index in [1.54, 1.807) is 0 Å². The van der Waals surface area contributed by atoms with Crippen LogP contribution in [-0.4, -0.2) is 5.11 Å². The highest BCUT2D eigenvalue weighted by atomic mass is 16.3. The molecule has 0 bridgehead atoms. The highest BCUT2D eigenvalue weighted by Gasteiger charge is 2.27. The molecule has 3 rings (SSSR count). The summed E-state index contributed by atoms with van der Waals surface area (Å²) in [6, 6.07) is 12.5. The Kier molecular flexibility index (Phi) is 2.62. The fraction of sp³-hybridized carbons (Fsp3) is 0.294. The van der Waals surface area contributed by atoms with E-state index < -0.39 is 0 Å². The summed E-state index contributed by atoms with van der Waals surface area (Å²) in [5.74, 6) is 1.08.